The van der Waals surface area contributed by atoms with Gasteiger partial charge in [0, 0.05) is 45.7 Å². The van der Waals surface area contributed by atoms with Crippen molar-refractivity contribution < 1.29 is 9.90 Å². The molecule has 2 heterocycles. The van der Waals surface area contributed by atoms with Crippen molar-refractivity contribution in [1.82, 2.24) is 14.9 Å². The quantitative estimate of drug-likeness (QED) is 0.849. The molecule has 1 aliphatic heterocycles. The smallest absolute Gasteiger partial charge is 0.219 e. The Morgan fingerprint density at radius 1 is 1.19 bits per heavy atom. The van der Waals surface area contributed by atoms with E-state index < -0.39 is 6.10 Å². The number of aliphatic hydroxyl groups is 1. The van der Waals surface area contributed by atoms with Crippen LogP contribution in [0.3, 0.4) is 0 Å². The minimum Gasteiger partial charge on any atom is -0.387 e. The molecule has 2 aromatic rings. The number of nitrogens with zero attached hydrogens (tertiary/aromatic N) is 4. The molecule has 1 aromatic carbocycles. The van der Waals surface area contributed by atoms with Crippen LogP contribution in [0.5, 0.6) is 0 Å². The van der Waals surface area contributed by atoms with Crippen molar-refractivity contribution in [3.63, 3.8) is 0 Å². The molecule has 7 nitrogen and oxygen atoms in total. The zero-order valence-electron chi connectivity index (χ0n) is 15.0. The summed E-state index contributed by atoms with van der Waals surface area (Å²) >= 11 is 0. The van der Waals surface area contributed by atoms with Crippen LogP contribution in [0.15, 0.2) is 42.7 Å². The van der Waals surface area contributed by atoms with E-state index in [-0.39, 0.29) is 5.91 Å². The summed E-state index contributed by atoms with van der Waals surface area (Å²) in [7, 11) is 0. The standard InChI is InChI=1S/C19H25N5O2/c1-15(25)23-8-5-9-24(11-10-23)19-12-18(21-14-22-19)20-13-17(26)16-6-3-2-4-7-16/h2-4,6-7,12,14,17,26H,5,8-11,13H2,1H3,(H,20,21,22). The van der Waals surface area contributed by atoms with Crippen LogP contribution in [0, 0.1) is 0 Å². The lowest BCUT2D eigenvalue weighted by Crippen LogP contribution is -2.33. The summed E-state index contributed by atoms with van der Waals surface area (Å²) in [6.45, 7) is 5.08. The van der Waals surface area contributed by atoms with Gasteiger partial charge in [-0.25, -0.2) is 9.97 Å². The van der Waals surface area contributed by atoms with Crippen LogP contribution in [0.4, 0.5) is 11.6 Å². The summed E-state index contributed by atoms with van der Waals surface area (Å²) < 4.78 is 0. The molecule has 7 heteroatoms. The van der Waals surface area contributed by atoms with E-state index in [1.807, 2.05) is 41.3 Å². The lowest BCUT2D eigenvalue weighted by molar-refractivity contribution is -0.128. The first kappa shape index (κ1) is 18.1. The number of hydrogen-bond acceptors (Lipinski definition) is 6. The lowest BCUT2D eigenvalue weighted by Gasteiger charge is -2.22. The highest BCUT2D eigenvalue weighted by molar-refractivity contribution is 5.73. The molecule has 3 rings (SSSR count). The second-order valence-corrected chi connectivity index (χ2v) is 6.42. The van der Waals surface area contributed by atoms with Crippen molar-refractivity contribution in [2.75, 3.05) is 42.9 Å². The molecule has 2 N–H and O–H groups in total. The lowest BCUT2D eigenvalue weighted by atomic mass is 10.1. The fourth-order valence-electron chi connectivity index (χ4n) is 3.07. The summed E-state index contributed by atoms with van der Waals surface area (Å²) in [4.78, 5) is 24.2. The fraction of sp³-hybridized carbons (Fsp3) is 0.421. The normalized spacial score (nSPS) is 16.1. The molecule has 138 valence electrons. The van der Waals surface area contributed by atoms with E-state index in [4.69, 9.17) is 0 Å². The van der Waals surface area contributed by atoms with Crippen LogP contribution in [0.2, 0.25) is 0 Å². The second-order valence-electron chi connectivity index (χ2n) is 6.42. The molecule has 1 saturated heterocycles. The topological polar surface area (TPSA) is 81.6 Å². The Morgan fingerprint density at radius 2 is 2.00 bits per heavy atom. The number of nitrogens with one attached hydrogen (secondary N) is 1. The first-order valence-corrected chi connectivity index (χ1v) is 8.93. The third-order valence-corrected chi connectivity index (χ3v) is 4.58. The van der Waals surface area contributed by atoms with Crippen LogP contribution in [-0.2, 0) is 4.79 Å². The van der Waals surface area contributed by atoms with E-state index in [1.165, 1.54) is 6.33 Å². The van der Waals surface area contributed by atoms with Gasteiger partial charge in [0.25, 0.3) is 0 Å². The minimum absolute atomic E-state index is 0.117. The predicted octanol–water partition coefficient (Wildman–Crippen LogP) is 1.68. The molecule has 1 fully saturated rings. The van der Waals surface area contributed by atoms with E-state index in [0.717, 1.165) is 37.4 Å². The third-order valence-electron chi connectivity index (χ3n) is 4.58. The summed E-state index contributed by atoms with van der Waals surface area (Å²) in [5.41, 5.74) is 0.867. The number of rotatable bonds is 5. The fourth-order valence-corrected chi connectivity index (χ4v) is 3.07. The van der Waals surface area contributed by atoms with Crippen LogP contribution in [-0.4, -0.2) is 58.6 Å². The van der Waals surface area contributed by atoms with Gasteiger partial charge in [0.1, 0.15) is 18.0 Å². The van der Waals surface area contributed by atoms with Crippen LogP contribution >= 0.6 is 0 Å². The number of amides is 1. The Morgan fingerprint density at radius 3 is 2.77 bits per heavy atom. The highest BCUT2D eigenvalue weighted by Crippen LogP contribution is 2.18. The number of carbonyl (C=O) groups excluding carboxylic acids is 1. The molecule has 1 atom stereocenters. The van der Waals surface area contributed by atoms with Crippen LogP contribution in [0.25, 0.3) is 0 Å². The van der Waals surface area contributed by atoms with Crippen molar-refractivity contribution in [2.24, 2.45) is 0 Å². The van der Waals surface area contributed by atoms with Crippen molar-refractivity contribution in [3.8, 4) is 0 Å². The van der Waals surface area contributed by atoms with Gasteiger partial charge in [0.05, 0.1) is 6.10 Å². The Labute approximate surface area is 153 Å². The van der Waals surface area contributed by atoms with Gasteiger partial charge in [-0.2, -0.15) is 0 Å². The summed E-state index contributed by atoms with van der Waals surface area (Å²) in [5, 5.41) is 13.4. The zero-order valence-corrected chi connectivity index (χ0v) is 15.0. The molecule has 1 aromatic heterocycles. The molecule has 1 aliphatic rings. The Kier molecular flexibility index (Phi) is 6.01. The molecule has 0 aliphatic carbocycles. The molecule has 0 spiro atoms. The van der Waals surface area contributed by atoms with E-state index in [2.05, 4.69) is 20.2 Å². The second kappa shape index (κ2) is 8.62. The summed E-state index contributed by atoms with van der Waals surface area (Å²) in [5.74, 6) is 1.63. The maximum absolute atomic E-state index is 11.6. The minimum atomic E-state index is -0.600. The van der Waals surface area contributed by atoms with Crippen molar-refractivity contribution >= 4 is 17.5 Å². The molecular weight excluding hydrogens is 330 g/mol. The Hall–Kier alpha value is -2.67. The van der Waals surface area contributed by atoms with Crippen molar-refractivity contribution in [1.29, 1.82) is 0 Å². The summed E-state index contributed by atoms with van der Waals surface area (Å²) in [6.07, 6.45) is 1.84. The van der Waals surface area contributed by atoms with Gasteiger partial charge in [0.15, 0.2) is 0 Å². The van der Waals surface area contributed by atoms with Crippen molar-refractivity contribution in [3.05, 3.63) is 48.3 Å². The zero-order chi connectivity index (χ0) is 18.4. The number of benzene rings is 1. The third kappa shape index (κ3) is 4.70. The van der Waals surface area contributed by atoms with Crippen LogP contribution < -0.4 is 10.2 Å². The van der Waals surface area contributed by atoms with Gasteiger partial charge in [-0.3, -0.25) is 4.79 Å². The maximum atomic E-state index is 11.6. The molecule has 0 bridgehead atoms. The monoisotopic (exact) mass is 355 g/mol. The van der Waals surface area contributed by atoms with Gasteiger partial charge in [0.2, 0.25) is 5.91 Å². The first-order chi connectivity index (χ1) is 12.6. The molecule has 0 radical (unpaired) electrons. The highest BCUT2D eigenvalue weighted by Gasteiger charge is 2.18. The average Bonchev–Trinajstić information content (AvgIpc) is 2.93. The molecule has 0 saturated carbocycles. The van der Waals surface area contributed by atoms with Gasteiger partial charge < -0.3 is 20.2 Å². The van der Waals surface area contributed by atoms with Gasteiger partial charge in [-0.1, -0.05) is 30.3 Å². The number of carbonyl (C=O) groups is 1. The van der Waals surface area contributed by atoms with Crippen LogP contribution in [0.1, 0.15) is 25.0 Å². The van der Waals surface area contributed by atoms with E-state index in [0.29, 0.717) is 18.9 Å². The number of hydrogen-bond donors (Lipinski definition) is 2. The van der Waals surface area contributed by atoms with E-state index in [9.17, 15) is 9.90 Å². The molecule has 1 unspecified atom stereocenters. The number of aliphatic hydroxyl groups excluding tert-OH is 1. The van der Waals surface area contributed by atoms with E-state index >= 15 is 0 Å². The largest absolute Gasteiger partial charge is 0.387 e. The molecule has 26 heavy (non-hydrogen) atoms. The first-order valence-electron chi connectivity index (χ1n) is 8.93. The van der Waals surface area contributed by atoms with Crippen molar-refractivity contribution in [2.45, 2.75) is 19.4 Å². The molecular formula is C19H25N5O2. The van der Waals surface area contributed by atoms with Gasteiger partial charge in [-0.15, -0.1) is 0 Å². The summed E-state index contributed by atoms with van der Waals surface area (Å²) in [6, 6.07) is 11.4. The Balaban J connectivity index is 1.60. The Bertz CT molecular complexity index is 725. The van der Waals surface area contributed by atoms with E-state index in [1.54, 1.807) is 6.92 Å². The highest BCUT2D eigenvalue weighted by atomic mass is 16.3. The number of aromatic nitrogens is 2. The SMILES string of the molecule is CC(=O)N1CCCN(c2cc(NCC(O)c3ccccc3)ncn2)CC1. The van der Waals surface area contributed by atoms with Gasteiger partial charge in [-0.05, 0) is 12.0 Å². The average molecular weight is 355 g/mol. The predicted molar refractivity (Wildman–Crippen MR) is 101 cm³/mol. The number of anilines is 2. The maximum Gasteiger partial charge on any atom is 0.219 e. The molecule has 1 amide bonds. The van der Waals surface area contributed by atoms with Gasteiger partial charge >= 0.3 is 0 Å².